The minimum Gasteiger partial charge on any atom is -0.487 e. The van der Waals surface area contributed by atoms with E-state index in [0.29, 0.717) is 18.0 Å². The Bertz CT molecular complexity index is 512. The Morgan fingerprint density at radius 2 is 1.89 bits per heavy atom. The van der Waals surface area contributed by atoms with Crippen molar-refractivity contribution in [1.29, 1.82) is 0 Å². The average Bonchev–Trinajstić information content (AvgIpc) is 2.38. The maximum absolute atomic E-state index is 5.90. The molecule has 0 saturated carbocycles. The maximum Gasteiger partial charge on any atom is 0.144 e. The van der Waals surface area contributed by atoms with Crippen LogP contribution in [0.15, 0.2) is 42.7 Å². The number of ether oxygens (including phenoxy) is 1. The number of nitrogen functional groups attached to an aromatic ring is 1. The summed E-state index contributed by atoms with van der Waals surface area (Å²) < 4.78 is 5.73. The molecule has 0 bridgehead atoms. The molecule has 1 aromatic heterocycles. The molecule has 1 heterocycles. The molecule has 0 atom stereocenters. The molecule has 2 rings (SSSR count). The van der Waals surface area contributed by atoms with E-state index in [9.17, 15) is 0 Å². The van der Waals surface area contributed by atoms with Gasteiger partial charge in [-0.1, -0.05) is 0 Å². The van der Waals surface area contributed by atoms with E-state index in [2.05, 4.69) is 4.98 Å². The molecule has 0 radical (unpaired) electrons. The van der Waals surface area contributed by atoms with Gasteiger partial charge in [0.05, 0.1) is 5.69 Å². The van der Waals surface area contributed by atoms with Crippen LogP contribution < -0.4 is 15.4 Å². The topological polar surface area (TPSA) is 51.4 Å². The van der Waals surface area contributed by atoms with E-state index in [1.165, 1.54) is 0 Å². The standard InChI is InChI=1S/C14H17N3O/c1-17(2)12-3-4-13(15)14(9-12)18-10-11-5-7-16-8-6-11/h3-9H,10,15H2,1-2H3. The monoisotopic (exact) mass is 243 g/mol. The molecule has 1 aromatic carbocycles. The molecule has 94 valence electrons. The van der Waals surface area contributed by atoms with Gasteiger partial charge in [0.25, 0.3) is 0 Å². The second-order valence-electron chi connectivity index (χ2n) is 4.26. The van der Waals surface area contributed by atoms with Crippen LogP contribution in [0.5, 0.6) is 5.75 Å². The lowest BCUT2D eigenvalue weighted by Gasteiger charge is -2.15. The first-order valence-electron chi connectivity index (χ1n) is 5.75. The van der Waals surface area contributed by atoms with Gasteiger partial charge in [-0.15, -0.1) is 0 Å². The third-order valence-corrected chi connectivity index (χ3v) is 2.66. The van der Waals surface area contributed by atoms with Crippen molar-refractivity contribution in [3.05, 3.63) is 48.3 Å². The molecule has 0 aliphatic carbocycles. The van der Waals surface area contributed by atoms with E-state index >= 15 is 0 Å². The Hall–Kier alpha value is -2.23. The molecule has 2 N–H and O–H groups in total. The van der Waals surface area contributed by atoms with Crippen molar-refractivity contribution in [1.82, 2.24) is 4.98 Å². The zero-order chi connectivity index (χ0) is 13.0. The Morgan fingerprint density at radius 3 is 2.56 bits per heavy atom. The van der Waals surface area contributed by atoms with Crippen LogP contribution in [0.2, 0.25) is 0 Å². The molecule has 4 heteroatoms. The molecule has 2 aromatic rings. The lowest BCUT2D eigenvalue weighted by Crippen LogP contribution is -2.09. The zero-order valence-electron chi connectivity index (χ0n) is 10.6. The second kappa shape index (κ2) is 5.40. The van der Waals surface area contributed by atoms with E-state index in [1.807, 2.05) is 49.3 Å². The van der Waals surface area contributed by atoms with Gasteiger partial charge >= 0.3 is 0 Å². The molecular formula is C14H17N3O. The third-order valence-electron chi connectivity index (χ3n) is 2.66. The minimum absolute atomic E-state index is 0.490. The van der Waals surface area contributed by atoms with Crippen LogP contribution in [0.1, 0.15) is 5.56 Å². The molecule has 0 amide bonds. The van der Waals surface area contributed by atoms with E-state index in [4.69, 9.17) is 10.5 Å². The van der Waals surface area contributed by atoms with Crippen LogP contribution in [-0.4, -0.2) is 19.1 Å². The van der Waals surface area contributed by atoms with Crippen molar-refractivity contribution in [2.75, 3.05) is 24.7 Å². The quantitative estimate of drug-likeness (QED) is 0.837. The van der Waals surface area contributed by atoms with Gasteiger partial charge in [0.15, 0.2) is 0 Å². The number of hydrogen-bond acceptors (Lipinski definition) is 4. The molecule has 18 heavy (non-hydrogen) atoms. The number of anilines is 2. The molecular weight excluding hydrogens is 226 g/mol. The summed E-state index contributed by atoms with van der Waals surface area (Å²) in [7, 11) is 3.97. The third kappa shape index (κ3) is 2.91. The molecule has 0 spiro atoms. The molecule has 0 unspecified atom stereocenters. The van der Waals surface area contributed by atoms with Crippen molar-refractivity contribution < 1.29 is 4.74 Å². The molecule has 0 aliphatic heterocycles. The maximum atomic E-state index is 5.90. The number of pyridine rings is 1. The summed E-state index contributed by atoms with van der Waals surface area (Å²) in [4.78, 5) is 5.98. The van der Waals surface area contributed by atoms with Gasteiger partial charge < -0.3 is 15.4 Å². The molecule has 0 saturated heterocycles. The Labute approximate surface area is 107 Å². The Morgan fingerprint density at radius 1 is 1.17 bits per heavy atom. The summed E-state index contributed by atoms with van der Waals surface area (Å²) >= 11 is 0. The van der Waals surface area contributed by atoms with E-state index in [-0.39, 0.29) is 0 Å². The average molecular weight is 243 g/mol. The van der Waals surface area contributed by atoms with Crippen molar-refractivity contribution in [2.24, 2.45) is 0 Å². The summed E-state index contributed by atoms with van der Waals surface area (Å²) in [6.07, 6.45) is 3.50. The van der Waals surface area contributed by atoms with Gasteiger partial charge in [0.1, 0.15) is 12.4 Å². The first-order valence-corrected chi connectivity index (χ1v) is 5.75. The van der Waals surface area contributed by atoms with Crippen LogP contribution in [-0.2, 0) is 6.61 Å². The van der Waals surface area contributed by atoms with E-state index in [0.717, 1.165) is 11.3 Å². The number of hydrogen-bond donors (Lipinski definition) is 1. The smallest absolute Gasteiger partial charge is 0.144 e. The summed E-state index contributed by atoms with van der Waals surface area (Å²) in [5.74, 6) is 0.706. The fourth-order valence-electron chi connectivity index (χ4n) is 1.57. The number of nitrogens with zero attached hydrogens (tertiary/aromatic N) is 2. The fourth-order valence-corrected chi connectivity index (χ4v) is 1.57. The summed E-state index contributed by atoms with van der Waals surface area (Å²) in [5, 5.41) is 0. The largest absolute Gasteiger partial charge is 0.487 e. The summed E-state index contributed by atoms with van der Waals surface area (Å²) in [5.41, 5.74) is 8.68. The highest BCUT2D eigenvalue weighted by Crippen LogP contribution is 2.27. The highest BCUT2D eigenvalue weighted by molar-refractivity contribution is 5.61. The van der Waals surface area contributed by atoms with Crippen LogP contribution in [0, 0.1) is 0 Å². The normalized spacial score (nSPS) is 10.1. The zero-order valence-corrected chi connectivity index (χ0v) is 10.6. The van der Waals surface area contributed by atoms with E-state index in [1.54, 1.807) is 12.4 Å². The van der Waals surface area contributed by atoms with Crippen molar-refractivity contribution in [2.45, 2.75) is 6.61 Å². The molecule has 0 fully saturated rings. The van der Waals surface area contributed by atoms with Crippen LogP contribution in [0.25, 0.3) is 0 Å². The Balaban J connectivity index is 2.11. The first-order chi connectivity index (χ1) is 8.66. The van der Waals surface area contributed by atoms with Crippen molar-refractivity contribution in [3.63, 3.8) is 0 Å². The van der Waals surface area contributed by atoms with Gasteiger partial charge in [0, 0.05) is 38.2 Å². The number of nitrogens with two attached hydrogens (primary N) is 1. The molecule has 4 nitrogen and oxygen atoms in total. The van der Waals surface area contributed by atoms with Crippen molar-refractivity contribution >= 4 is 11.4 Å². The first kappa shape index (κ1) is 12.2. The summed E-state index contributed by atoms with van der Waals surface area (Å²) in [6.45, 7) is 0.490. The molecule has 0 aliphatic rings. The minimum atomic E-state index is 0.490. The van der Waals surface area contributed by atoms with Gasteiger partial charge in [0.2, 0.25) is 0 Å². The van der Waals surface area contributed by atoms with E-state index < -0.39 is 0 Å². The van der Waals surface area contributed by atoms with Crippen LogP contribution >= 0.6 is 0 Å². The summed E-state index contributed by atoms with van der Waals surface area (Å²) in [6, 6.07) is 9.61. The van der Waals surface area contributed by atoms with Gasteiger partial charge in [-0.05, 0) is 29.8 Å². The lowest BCUT2D eigenvalue weighted by molar-refractivity contribution is 0.308. The Kier molecular flexibility index (Phi) is 3.67. The van der Waals surface area contributed by atoms with Gasteiger partial charge in [-0.25, -0.2) is 0 Å². The predicted molar refractivity (Wildman–Crippen MR) is 73.8 cm³/mol. The fraction of sp³-hybridized carbons (Fsp3) is 0.214. The van der Waals surface area contributed by atoms with Crippen LogP contribution in [0.4, 0.5) is 11.4 Å². The SMILES string of the molecule is CN(C)c1ccc(N)c(OCc2ccncc2)c1. The number of rotatable bonds is 4. The predicted octanol–water partition coefficient (Wildman–Crippen LogP) is 2.31. The van der Waals surface area contributed by atoms with Crippen LogP contribution in [0.3, 0.4) is 0 Å². The van der Waals surface area contributed by atoms with Gasteiger partial charge in [-0.3, -0.25) is 4.98 Å². The lowest BCUT2D eigenvalue weighted by atomic mass is 10.2. The number of aromatic nitrogens is 1. The second-order valence-corrected chi connectivity index (χ2v) is 4.26. The number of benzene rings is 1. The highest BCUT2D eigenvalue weighted by atomic mass is 16.5. The highest BCUT2D eigenvalue weighted by Gasteiger charge is 2.04. The van der Waals surface area contributed by atoms with Crippen molar-refractivity contribution in [3.8, 4) is 5.75 Å². The van der Waals surface area contributed by atoms with Gasteiger partial charge in [-0.2, -0.15) is 0 Å².